The Morgan fingerprint density at radius 1 is 0.764 bits per heavy atom. The first kappa shape index (κ1) is 39.3. The number of amides is 4. The van der Waals surface area contributed by atoms with E-state index in [1.165, 1.54) is 26.6 Å². The Labute approximate surface area is 317 Å². The van der Waals surface area contributed by atoms with E-state index in [9.17, 15) is 28.0 Å². The zero-order valence-corrected chi connectivity index (χ0v) is 32.1. The molecule has 298 valence electrons. The van der Waals surface area contributed by atoms with Gasteiger partial charge in [-0.1, -0.05) is 41.5 Å². The molecule has 0 spiro atoms. The van der Waals surface area contributed by atoms with Gasteiger partial charge in [-0.15, -0.1) is 8.78 Å². The molecule has 55 heavy (non-hydrogen) atoms. The lowest BCUT2D eigenvalue weighted by atomic mass is 10.0. The third kappa shape index (κ3) is 7.89. The van der Waals surface area contributed by atoms with Crippen LogP contribution in [0.3, 0.4) is 0 Å². The molecule has 3 aliphatic heterocycles. The fraction of sp³-hybridized carbons (Fsp3) is 0.568. The number of imidazole rings is 2. The highest BCUT2D eigenvalue weighted by molar-refractivity contribution is 5.87. The molecule has 18 heteroatoms. The van der Waals surface area contributed by atoms with Crippen LogP contribution in [0.2, 0.25) is 0 Å². The van der Waals surface area contributed by atoms with Gasteiger partial charge in [0.05, 0.1) is 50.1 Å². The number of rotatable bonds is 10. The average molecular weight is 771 g/mol. The maximum atomic E-state index is 14.8. The number of halogens is 2. The van der Waals surface area contributed by atoms with Gasteiger partial charge in [-0.3, -0.25) is 9.59 Å². The van der Waals surface area contributed by atoms with Crippen LogP contribution in [-0.4, -0.2) is 99.4 Å². The van der Waals surface area contributed by atoms with Gasteiger partial charge in [0, 0.05) is 24.2 Å². The van der Waals surface area contributed by atoms with Crippen molar-refractivity contribution in [2.24, 2.45) is 23.7 Å². The fourth-order valence-electron chi connectivity index (χ4n) is 7.59. The van der Waals surface area contributed by atoms with Crippen LogP contribution in [-0.2, 0) is 19.1 Å². The minimum absolute atomic E-state index is 0.123. The van der Waals surface area contributed by atoms with Crippen molar-refractivity contribution in [3.63, 3.8) is 0 Å². The number of H-pyrrole nitrogens is 2. The van der Waals surface area contributed by atoms with Crippen molar-refractivity contribution in [2.45, 2.75) is 84.8 Å². The number of aromatic amines is 2. The summed E-state index contributed by atoms with van der Waals surface area (Å²) < 4.78 is 49.3. The second-order valence-electron chi connectivity index (χ2n) is 15.3. The Morgan fingerprint density at radius 3 is 1.49 bits per heavy atom. The molecular weight excluding hydrogens is 722 g/mol. The molecule has 0 saturated carbocycles. The van der Waals surface area contributed by atoms with Crippen LogP contribution < -0.4 is 20.1 Å². The van der Waals surface area contributed by atoms with Gasteiger partial charge in [-0.05, 0) is 48.6 Å². The van der Waals surface area contributed by atoms with Crippen LogP contribution in [0.1, 0.15) is 78.1 Å². The smallest absolute Gasteiger partial charge is 0.453 e. The van der Waals surface area contributed by atoms with Crippen LogP contribution >= 0.6 is 0 Å². The molecule has 0 bridgehead atoms. The lowest BCUT2D eigenvalue weighted by molar-refractivity contribution is -0.286. The summed E-state index contributed by atoms with van der Waals surface area (Å²) in [4.78, 5) is 70.5. The molecule has 6 atom stereocenters. The van der Waals surface area contributed by atoms with Crippen LogP contribution in [0.4, 0.5) is 18.4 Å². The van der Waals surface area contributed by atoms with E-state index in [1.807, 2.05) is 41.5 Å². The summed E-state index contributed by atoms with van der Waals surface area (Å²) in [6.45, 7) is 12.2. The Kier molecular flexibility index (Phi) is 11.0. The lowest BCUT2D eigenvalue weighted by Crippen LogP contribution is -2.51. The molecule has 3 aromatic rings. The highest BCUT2D eigenvalue weighted by atomic mass is 19.3. The third-order valence-corrected chi connectivity index (χ3v) is 10.3. The monoisotopic (exact) mass is 770 g/mol. The molecule has 16 nitrogen and oxygen atoms in total. The van der Waals surface area contributed by atoms with Crippen LogP contribution in [0, 0.1) is 23.7 Å². The number of ether oxygens (including phenoxy) is 4. The van der Waals surface area contributed by atoms with Crippen molar-refractivity contribution in [1.29, 1.82) is 0 Å². The van der Waals surface area contributed by atoms with Gasteiger partial charge in [0.25, 0.3) is 0 Å². The number of benzene rings is 1. The summed E-state index contributed by atoms with van der Waals surface area (Å²) >= 11 is 0. The van der Waals surface area contributed by atoms with E-state index in [4.69, 9.17) is 18.9 Å². The molecule has 0 aliphatic carbocycles. The number of fused-ring (bicyclic) bond motifs is 1. The minimum atomic E-state index is -3.97. The Balaban J connectivity index is 1.28. The number of aromatic nitrogens is 4. The molecule has 4 N–H and O–H groups in total. The first-order chi connectivity index (χ1) is 26.0. The molecule has 2 saturated heterocycles. The molecule has 0 radical (unpaired) electrons. The van der Waals surface area contributed by atoms with Gasteiger partial charge in [0.15, 0.2) is 11.5 Å². The highest BCUT2D eigenvalue weighted by Gasteiger charge is 2.47. The normalized spacial score (nSPS) is 22.5. The van der Waals surface area contributed by atoms with Crippen LogP contribution in [0.5, 0.6) is 11.5 Å². The van der Waals surface area contributed by atoms with Gasteiger partial charge in [-0.25, -0.2) is 19.6 Å². The average Bonchev–Trinajstić information content (AvgIpc) is 3.97. The van der Waals surface area contributed by atoms with Gasteiger partial charge in [0.1, 0.15) is 23.7 Å². The maximum Gasteiger partial charge on any atom is 0.586 e. The second-order valence-corrected chi connectivity index (χ2v) is 15.3. The largest absolute Gasteiger partial charge is 0.586 e. The molecule has 4 amide bonds. The standard InChI is InChI=1S/C37H48F2N8O8/c1-17(2)27(44-35(50)52-7)33(48)46-15-19(5)11-25(46)31-40-13-23(42-31)21-9-10-22(30-29(21)54-37(38,39)55-30)24-14-41-32(43-24)26-12-20(6)16-47(26)34(49)28(18(3)4)45-36(51)53-8/h9-10,13-14,17-20,25-28H,11-12,15-16H2,1-8H3,(H,40,42)(H,41,43)(H,44,50)(H,45,51)/t19-,20-,25-,26-,27-,28-/m0/s1. The third-order valence-electron chi connectivity index (χ3n) is 10.3. The highest BCUT2D eigenvalue weighted by Crippen LogP contribution is 2.52. The van der Waals surface area contributed by atoms with Gasteiger partial charge in [0.2, 0.25) is 11.8 Å². The molecule has 2 fully saturated rings. The number of hydrogen-bond donors (Lipinski definition) is 4. The Bertz CT molecular complexity index is 1800. The molecule has 5 heterocycles. The summed E-state index contributed by atoms with van der Waals surface area (Å²) in [5.74, 6) is -0.324. The van der Waals surface area contributed by atoms with Crippen molar-refractivity contribution in [1.82, 2.24) is 40.4 Å². The zero-order chi connectivity index (χ0) is 39.9. The van der Waals surface area contributed by atoms with E-state index in [-0.39, 0.29) is 58.1 Å². The number of methoxy groups -OCH3 is 2. The van der Waals surface area contributed by atoms with Crippen molar-refractivity contribution >= 4 is 24.0 Å². The van der Waals surface area contributed by atoms with Crippen molar-refractivity contribution in [2.75, 3.05) is 27.3 Å². The van der Waals surface area contributed by atoms with Crippen molar-refractivity contribution < 1.29 is 46.9 Å². The Hall–Kier alpha value is -5.42. The van der Waals surface area contributed by atoms with Crippen molar-refractivity contribution in [3.8, 4) is 34.0 Å². The number of carbonyl (C=O) groups excluding carboxylic acids is 4. The molecule has 3 aliphatic rings. The zero-order valence-electron chi connectivity index (χ0n) is 32.1. The first-order valence-electron chi connectivity index (χ1n) is 18.3. The van der Waals surface area contributed by atoms with E-state index in [0.29, 0.717) is 49.0 Å². The van der Waals surface area contributed by atoms with Gasteiger partial charge in [-0.2, -0.15) is 0 Å². The van der Waals surface area contributed by atoms with E-state index >= 15 is 0 Å². The molecular formula is C37H48F2N8O8. The van der Waals surface area contributed by atoms with Crippen molar-refractivity contribution in [3.05, 3.63) is 36.2 Å². The summed E-state index contributed by atoms with van der Waals surface area (Å²) in [6.07, 6.45) is -1.25. The van der Waals surface area contributed by atoms with Crippen LogP contribution in [0.15, 0.2) is 24.5 Å². The number of likely N-dealkylation sites (tertiary alicyclic amines) is 2. The topological polar surface area (TPSA) is 193 Å². The number of alkyl carbamates (subject to hydrolysis) is 2. The van der Waals surface area contributed by atoms with E-state index < -0.39 is 42.6 Å². The summed E-state index contributed by atoms with van der Waals surface area (Å²) in [5, 5.41) is 5.26. The number of alkyl halides is 2. The number of hydrogen-bond acceptors (Lipinski definition) is 10. The first-order valence-corrected chi connectivity index (χ1v) is 18.3. The summed E-state index contributed by atoms with van der Waals surface area (Å²) in [6, 6.07) is 0.604. The number of nitrogens with zero attached hydrogens (tertiary/aromatic N) is 4. The predicted octanol–water partition coefficient (Wildman–Crippen LogP) is 5.37. The van der Waals surface area contributed by atoms with Gasteiger partial charge < -0.3 is 49.3 Å². The van der Waals surface area contributed by atoms with Crippen LogP contribution in [0.25, 0.3) is 22.5 Å². The second kappa shape index (κ2) is 15.4. The number of nitrogens with one attached hydrogen (secondary N) is 4. The summed E-state index contributed by atoms with van der Waals surface area (Å²) in [5.41, 5.74) is 1.23. The quantitative estimate of drug-likeness (QED) is 0.208. The Morgan fingerprint density at radius 2 is 1.15 bits per heavy atom. The molecule has 6 rings (SSSR count). The fourth-order valence-corrected chi connectivity index (χ4v) is 7.59. The van der Waals surface area contributed by atoms with E-state index in [1.54, 1.807) is 21.9 Å². The predicted molar refractivity (Wildman–Crippen MR) is 193 cm³/mol. The molecule has 0 unspecified atom stereocenters. The lowest BCUT2D eigenvalue weighted by Gasteiger charge is -2.30. The molecule has 2 aromatic heterocycles. The SMILES string of the molecule is COC(=O)N[C@H](C(=O)N1C[C@@H](C)C[C@H]1c1ncc(-c2ccc(-c3cnc([C@@H]4C[C@H](C)CN4C(=O)[C@@H](NC(=O)OC)C(C)C)[nH]3)c3c2OC(F)(F)O3)[nH]1)C(C)C. The summed E-state index contributed by atoms with van der Waals surface area (Å²) in [7, 11) is 2.46. The minimum Gasteiger partial charge on any atom is -0.453 e. The number of carbonyl (C=O) groups is 4. The maximum absolute atomic E-state index is 14.8. The molecule has 1 aromatic carbocycles. The van der Waals surface area contributed by atoms with E-state index in [2.05, 4.69) is 30.6 Å². The van der Waals surface area contributed by atoms with Gasteiger partial charge >= 0.3 is 18.5 Å². The van der Waals surface area contributed by atoms with E-state index in [0.717, 1.165) is 0 Å².